The molecule has 4 nitrogen and oxygen atoms in total. The van der Waals surface area contributed by atoms with Gasteiger partial charge in [-0.05, 0) is 17.7 Å². The molecule has 2 aromatic rings. The Morgan fingerprint density at radius 2 is 1.70 bits per heavy atom. The molecular formula is C19H24Cl2F2N2O2. The minimum Gasteiger partial charge on any atom is -0.507 e. The second-order valence-corrected chi connectivity index (χ2v) is 6.06. The number of ether oxygens (including phenoxy) is 1. The van der Waals surface area contributed by atoms with Gasteiger partial charge in [-0.2, -0.15) is 0 Å². The zero-order valence-electron chi connectivity index (χ0n) is 14.7. The number of benzene rings is 2. The van der Waals surface area contributed by atoms with E-state index in [1.54, 1.807) is 11.0 Å². The van der Waals surface area contributed by atoms with Crippen LogP contribution in [0, 0.1) is 0 Å². The van der Waals surface area contributed by atoms with E-state index >= 15 is 0 Å². The molecule has 1 fully saturated rings. The molecule has 27 heavy (non-hydrogen) atoms. The highest BCUT2D eigenvalue weighted by molar-refractivity contribution is 5.85. The first-order valence-electron chi connectivity index (χ1n) is 8.37. The SMILES string of the molecule is Cl.Cl.Oc1cc(OCc2ccccc2)ccc1[C@H](C(F)F)N1CCNCC1. The summed E-state index contributed by atoms with van der Waals surface area (Å²) < 4.78 is 32.9. The fourth-order valence-electron chi connectivity index (χ4n) is 3.06. The average Bonchev–Trinajstić information content (AvgIpc) is 2.63. The molecule has 1 saturated heterocycles. The van der Waals surface area contributed by atoms with Crippen molar-refractivity contribution >= 4 is 24.8 Å². The van der Waals surface area contributed by atoms with E-state index in [1.807, 2.05) is 30.3 Å². The molecule has 150 valence electrons. The number of nitrogens with one attached hydrogen (secondary N) is 1. The number of phenolic OH excluding ortho intramolecular Hbond substituents is 1. The largest absolute Gasteiger partial charge is 0.507 e. The summed E-state index contributed by atoms with van der Waals surface area (Å²) >= 11 is 0. The highest BCUT2D eigenvalue weighted by atomic mass is 35.5. The number of hydrogen-bond donors (Lipinski definition) is 2. The van der Waals surface area contributed by atoms with Crippen LogP contribution in [0.15, 0.2) is 48.5 Å². The van der Waals surface area contributed by atoms with Crippen molar-refractivity contribution in [1.82, 2.24) is 10.2 Å². The smallest absolute Gasteiger partial charge is 0.258 e. The van der Waals surface area contributed by atoms with Gasteiger partial charge < -0.3 is 15.2 Å². The Bertz CT molecular complexity index is 687. The number of nitrogens with zero attached hydrogens (tertiary/aromatic N) is 1. The van der Waals surface area contributed by atoms with Gasteiger partial charge in [-0.15, -0.1) is 24.8 Å². The maximum atomic E-state index is 13.6. The fraction of sp³-hybridized carbons (Fsp3) is 0.368. The maximum Gasteiger partial charge on any atom is 0.258 e. The van der Waals surface area contributed by atoms with Gasteiger partial charge in [-0.3, -0.25) is 4.90 Å². The number of halogens is 4. The minimum absolute atomic E-state index is 0. The standard InChI is InChI=1S/C19H22F2N2O2.2ClH/c20-19(21)18(23-10-8-22-9-11-23)16-7-6-15(12-17(16)24)25-13-14-4-2-1-3-5-14;;/h1-7,12,18-19,22,24H,8-11,13H2;2*1H/t18-;;/m1../s1. The lowest BCUT2D eigenvalue weighted by atomic mass is 10.0. The summed E-state index contributed by atoms with van der Waals surface area (Å²) in [6, 6.07) is 13.1. The third-order valence-corrected chi connectivity index (χ3v) is 4.35. The van der Waals surface area contributed by atoms with Crippen LogP contribution in [0.5, 0.6) is 11.5 Å². The molecular weight excluding hydrogens is 397 g/mol. The predicted molar refractivity (Wildman–Crippen MR) is 107 cm³/mol. The summed E-state index contributed by atoms with van der Waals surface area (Å²) in [6.45, 7) is 2.75. The third-order valence-electron chi connectivity index (χ3n) is 4.35. The maximum absolute atomic E-state index is 13.6. The van der Waals surface area contributed by atoms with Crippen molar-refractivity contribution in [3.05, 3.63) is 59.7 Å². The second-order valence-electron chi connectivity index (χ2n) is 6.06. The van der Waals surface area contributed by atoms with Crippen molar-refractivity contribution < 1.29 is 18.6 Å². The van der Waals surface area contributed by atoms with E-state index in [4.69, 9.17) is 4.74 Å². The van der Waals surface area contributed by atoms with Crippen molar-refractivity contribution in [2.45, 2.75) is 19.1 Å². The van der Waals surface area contributed by atoms with Crippen LogP contribution >= 0.6 is 24.8 Å². The van der Waals surface area contributed by atoms with Crippen LogP contribution in [0.3, 0.4) is 0 Å². The molecule has 2 N–H and O–H groups in total. The molecule has 0 spiro atoms. The molecule has 1 aliphatic heterocycles. The van der Waals surface area contributed by atoms with E-state index in [-0.39, 0.29) is 36.1 Å². The Morgan fingerprint density at radius 1 is 1.04 bits per heavy atom. The van der Waals surface area contributed by atoms with Gasteiger partial charge in [-0.25, -0.2) is 8.78 Å². The van der Waals surface area contributed by atoms with Gasteiger partial charge in [0.2, 0.25) is 0 Å². The molecule has 0 unspecified atom stereocenters. The number of hydrogen-bond acceptors (Lipinski definition) is 4. The Labute approximate surface area is 170 Å². The molecule has 1 atom stereocenters. The van der Waals surface area contributed by atoms with Crippen molar-refractivity contribution in [3.8, 4) is 11.5 Å². The lowest BCUT2D eigenvalue weighted by Crippen LogP contribution is -2.46. The summed E-state index contributed by atoms with van der Waals surface area (Å²) in [5, 5.41) is 13.4. The van der Waals surface area contributed by atoms with E-state index in [0.29, 0.717) is 38.5 Å². The Morgan fingerprint density at radius 3 is 2.30 bits per heavy atom. The highest BCUT2D eigenvalue weighted by Gasteiger charge is 2.32. The van der Waals surface area contributed by atoms with Crippen LogP contribution in [0.25, 0.3) is 0 Å². The van der Waals surface area contributed by atoms with Crippen LogP contribution in [-0.2, 0) is 6.61 Å². The normalized spacial score (nSPS) is 15.5. The molecule has 0 saturated carbocycles. The summed E-state index contributed by atoms with van der Waals surface area (Å²) in [4.78, 5) is 1.71. The van der Waals surface area contributed by atoms with Crippen molar-refractivity contribution in [2.24, 2.45) is 0 Å². The average molecular weight is 421 g/mol. The molecule has 3 rings (SSSR count). The van der Waals surface area contributed by atoms with Gasteiger partial charge in [-0.1, -0.05) is 30.3 Å². The first kappa shape index (κ1) is 23.4. The molecule has 1 aliphatic rings. The van der Waals surface area contributed by atoms with Crippen LogP contribution in [0.1, 0.15) is 17.2 Å². The number of alkyl halides is 2. The Kier molecular flexibility index (Phi) is 9.80. The topological polar surface area (TPSA) is 44.7 Å². The second kappa shape index (κ2) is 11.3. The van der Waals surface area contributed by atoms with Gasteiger partial charge in [0.1, 0.15) is 18.1 Å². The first-order valence-corrected chi connectivity index (χ1v) is 8.37. The Hall–Kier alpha value is -1.60. The molecule has 2 aromatic carbocycles. The lowest BCUT2D eigenvalue weighted by Gasteiger charge is -2.34. The number of phenols is 1. The first-order chi connectivity index (χ1) is 12.1. The van der Waals surface area contributed by atoms with Crippen LogP contribution < -0.4 is 10.1 Å². The number of piperazine rings is 1. The van der Waals surface area contributed by atoms with E-state index in [1.165, 1.54) is 12.1 Å². The molecule has 0 amide bonds. The zero-order valence-corrected chi connectivity index (χ0v) is 16.3. The quantitative estimate of drug-likeness (QED) is 0.740. The minimum atomic E-state index is -2.57. The molecule has 0 bridgehead atoms. The molecule has 8 heteroatoms. The van der Waals surface area contributed by atoms with E-state index in [0.717, 1.165) is 5.56 Å². The van der Waals surface area contributed by atoms with Gasteiger partial charge >= 0.3 is 0 Å². The van der Waals surface area contributed by atoms with E-state index < -0.39 is 12.5 Å². The van der Waals surface area contributed by atoms with Gasteiger partial charge in [0.25, 0.3) is 6.43 Å². The predicted octanol–water partition coefficient (Wildman–Crippen LogP) is 4.03. The van der Waals surface area contributed by atoms with Crippen molar-refractivity contribution in [2.75, 3.05) is 26.2 Å². The lowest BCUT2D eigenvalue weighted by molar-refractivity contribution is 0.0170. The summed E-state index contributed by atoms with van der Waals surface area (Å²) in [5.41, 5.74) is 1.24. The number of rotatable bonds is 6. The van der Waals surface area contributed by atoms with Gasteiger partial charge in [0.05, 0.1) is 6.04 Å². The van der Waals surface area contributed by atoms with Gasteiger partial charge in [0, 0.05) is 37.8 Å². The van der Waals surface area contributed by atoms with Crippen molar-refractivity contribution in [1.29, 1.82) is 0 Å². The van der Waals surface area contributed by atoms with Crippen LogP contribution in [0.4, 0.5) is 8.78 Å². The summed E-state index contributed by atoms with van der Waals surface area (Å²) in [7, 11) is 0. The summed E-state index contributed by atoms with van der Waals surface area (Å²) in [6.07, 6.45) is -2.57. The monoisotopic (exact) mass is 420 g/mol. The zero-order chi connectivity index (χ0) is 17.6. The highest BCUT2D eigenvalue weighted by Crippen LogP contribution is 2.35. The molecule has 0 aliphatic carbocycles. The van der Waals surface area contributed by atoms with Crippen LogP contribution in [0.2, 0.25) is 0 Å². The third kappa shape index (κ3) is 6.21. The molecule has 0 radical (unpaired) electrons. The summed E-state index contributed by atoms with van der Waals surface area (Å²) in [5.74, 6) is 0.299. The van der Waals surface area contributed by atoms with E-state index in [2.05, 4.69) is 5.32 Å². The molecule has 1 heterocycles. The number of aromatic hydroxyl groups is 1. The fourth-order valence-corrected chi connectivity index (χ4v) is 3.06. The van der Waals surface area contributed by atoms with Gasteiger partial charge in [0.15, 0.2) is 0 Å². The Balaban J connectivity index is 0.00000182. The molecule has 0 aromatic heterocycles. The van der Waals surface area contributed by atoms with Crippen molar-refractivity contribution in [3.63, 3.8) is 0 Å². The van der Waals surface area contributed by atoms with Crippen LogP contribution in [-0.4, -0.2) is 42.6 Å². The van der Waals surface area contributed by atoms with E-state index in [9.17, 15) is 13.9 Å².